The lowest BCUT2D eigenvalue weighted by atomic mass is 9.99. The van der Waals surface area contributed by atoms with Gasteiger partial charge in [0.2, 0.25) is 0 Å². The average molecular weight is 216 g/mol. The molecule has 0 bridgehead atoms. The largest absolute Gasteiger partial charge is 0.0807 e. The monoisotopic (exact) mass is 216 g/mol. The van der Waals surface area contributed by atoms with Gasteiger partial charge >= 0.3 is 0 Å². The van der Waals surface area contributed by atoms with E-state index in [1.54, 1.807) is 0 Å². The Bertz CT molecular complexity index is 295. The third-order valence-corrected chi connectivity index (χ3v) is 2.86. The Kier molecular flexibility index (Phi) is 6.64. The third kappa shape index (κ3) is 4.65. The number of hydrogen-bond donors (Lipinski definition) is 0. The normalized spacial score (nSPS) is 11.8. The van der Waals surface area contributed by atoms with Crippen molar-refractivity contribution >= 4 is 5.57 Å². The molecular weight excluding hydrogens is 192 g/mol. The smallest absolute Gasteiger partial charge is 0.0228 e. The van der Waals surface area contributed by atoms with E-state index in [4.69, 9.17) is 0 Å². The summed E-state index contributed by atoms with van der Waals surface area (Å²) in [6.45, 7) is 4.51. The van der Waals surface area contributed by atoms with E-state index in [2.05, 4.69) is 50.3 Å². The minimum absolute atomic E-state index is 1.20. The molecule has 0 heteroatoms. The predicted molar refractivity (Wildman–Crippen MR) is 73.5 cm³/mol. The summed E-state index contributed by atoms with van der Waals surface area (Å²) in [5.41, 5.74) is 2.93. The lowest BCUT2D eigenvalue weighted by Gasteiger charge is -2.06. The van der Waals surface area contributed by atoms with Crippen LogP contribution in [-0.2, 0) is 0 Å². The molecule has 0 N–H and O–H groups in total. The van der Waals surface area contributed by atoms with Gasteiger partial charge in [0.15, 0.2) is 0 Å². The van der Waals surface area contributed by atoms with Crippen LogP contribution in [0.1, 0.15) is 57.9 Å². The van der Waals surface area contributed by atoms with Gasteiger partial charge in [0.05, 0.1) is 0 Å². The molecule has 1 rings (SSSR count). The fourth-order valence-corrected chi connectivity index (χ4v) is 1.96. The molecule has 0 saturated carbocycles. The molecule has 0 spiro atoms. The van der Waals surface area contributed by atoms with Gasteiger partial charge in [-0.15, -0.1) is 0 Å². The first-order valence-electron chi connectivity index (χ1n) is 6.63. The average Bonchev–Trinajstić information content (AvgIpc) is 2.34. The summed E-state index contributed by atoms with van der Waals surface area (Å²) < 4.78 is 0. The van der Waals surface area contributed by atoms with Crippen molar-refractivity contribution in [3.05, 3.63) is 42.0 Å². The van der Waals surface area contributed by atoms with Gasteiger partial charge in [0, 0.05) is 0 Å². The van der Waals surface area contributed by atoms with Crippen LogP contribution in [0.5, 0.6) is 0 Å². The van der Waals surface area contributed by atoms with Crippen LogP contribution in [0.3, 0.4) is 0 Å². The van der Waals surface area contributed by atoms with E-state index >= 15 is 0 Å². The molecule has 0 nitrogen and oxygen atoms in total. The molecule has 0 aromatic heterocycles. The van der Waals surface area contributed by atoms with Gasteiger partial charge in [-0.2, -0.15) is 0 Å². The highest BCUT2D eigenvalue weighted by atomic mass is 14.0. The maximum atomic E-state index is 2.44. The molecule has 1 aromatic rings. The van der Waals surface area contributed by atoms with Crippen LogP contribution in [0, 0.1) is 0 Å². The number of unbranched alkanes of at least 4 members (excludes halogenated alkanes) is 3. The second kappa shape index (κ2) is 8.15. The van der Waals surface area contributed by atoms with Crippen LogP contribution < -0.4 is 0 Å². The summed E-state index contributed by atoms with van der Waals surface area (Å²) in [7, 11) is 0. The van der Waals surface area contributed by atoms with E-state index in [1.807, 2.05) is 0 Å². The van der Waals surface area contributed by atoms with Crippen molar-refractivity contribution in [2.75, 3.05) is 0 Å². The van der Waals surface area contributed by atoms with Crippen molar-refractivity contribution in [1.29, 1.82) is 0 Å². The van der Waals surface area contributed by atoms with Crippen LogP contribution in [0.2, 0.25) is 0 Å². The van der Waals surface area contributed by atoms with Crippen LogP contribution in [0.25, 0.3) is 5.57 Å². The zero-order valence-electron chi connectivity index (χ0n) is 10.7. The quantitative estimate of drug-likeness (QED) is 0.532. The topological polar surface area (TPSA) is 0 Å². The second-order valence-corrected chi connectivity index (χ2v) is 4.34. The van der Waals surface area contributed by atoms with Gasteiger partial charge in [-0.25, -0.2) is 0 Å². The van der Waals surface area contributed by atoms with Crippen LogP contribution in [0.15, 0.2) is 36.4 Å². The standard InChI is InChI=1S/C16H24/c1-3-5-6-8-12-15(11-4-2)16-13-9-7-10-14-16/h7,9-10,12-14H,3-6,8,11H2,1-2H3. The zero-order valence-corrected chi connectivity index (χ0v) is 10.7. The number of benzene rings is 1. The molecule has 0 atom stereocenters. The SMILES string of the molecule is CCCCCC=C(CCC)c1ccccc1. The van der Waals surface area contributed by atoms with Crippen molar-refractivity contribution in [2.45, 2.75) is 52.4 Å². The minimum atomic E-state index is 1.20. The van der Waals surface area contributed by atoms with Crippen LogP contribution in [0.4, 0.5) is 0 Å². The highest BCUT2D eigenvalue weighted by Gasteiger charge is 1.98. The first-order chi connectivity index (χ1) is 7.88. The first kappa shape index (κ1) is 13.0. The Balaban J connectivity index is 2.60. The minimum Gasteiger partial charge on any atom is -0.0807 e. The van der Waals surface area contributed by atoms with Gasteiger partial charge in [-0.05, 0) is 30.4 Å². The number of hydrogen-bond acceptors (Lipinski definition) is 0. The summed E-state index contributed by atoms with van der Waals surface area (Å²) >= 11 is 0. The molecule has 1 aromatic carbocycles. The van der Waals surface area contributed by atoms with E-state index in [0.29, 0.717) is 0 Å². The number of allylic oxidation sites excluding steroid dienone is 2. The molecule has 0 aliphatic heterocycles. The number of rotatable bonds is 7. The van der Waals surface area contributed by atoms with E-state index in [-0.39, 0.29) is 0 Å². The van der Waals surface area contributed by atoms with Crippen molar-refractivity contribution in [1.82, 2.24) is 0 Å². The molecule has 16 heavy (non-hydrogen) atoms. The van der Waals surface area contributed by atoms with Crippen molar-refractivity contribution in [3.63, 3.8) is 0 Å². The van der Waals surface area contributed by atoms with Crippen molar-refractivity contribution in [3.8, 4) is 0 Å². The maximum absolute atomic E-state index is 2.44. The summed E-state index contributed by atoms with van der Waals surface area (Å²) in [6, 6.07) is 10.8. The molecule has 0 saturated heterocycles. The summed E-state index contributed by atoms with van der Waals surface area (Å²) in [5.74, 6) is 0. The fraction of sp³-hybridized carbons (Fsp3) is 0.500. The molecule has 0 amide bonds. The summed E-state index contributed by atoms with van der Waals surface area (Å²) in [5, 5.41) is 0. The van der Waals surface area contributed by atoms with Gasteiger partial charge in [0.25, 0.3) is 0 Å². The van der Waals surface area contributed by atoms with Crippen LogP contribution >= 0.6 is 0 Å². The van der Waals surface area contributed by atoms with E-state index in [0.717, 1.165) is 0 Å². The molecular formula is C16H24. The van der Waals surface area contributed by atoms with E-state index in [1.165, 1.54) is 49.7 Å². The van der Waals surface area contributed by atoms with Gasteiger partial charge < -0.3 is 0 Å². The molecule has 88 valence electrons. The van der Waals surface area contributed by atoms with Crippen molar-refractivity contribution < 1.29 is 0 Å². The van der Waals surface area contributed by atoms with Gasteiger partial charge in [-0.3, -0.25) is 0 Å². The van der Waals surface area contributed by atoms with Crippen LogP contribution in [-0.4, -0.2) is 0 Å². The zero-order chi connectivity index (χ0) is 11.6. The predicted octanol–water partition coefficient (Wildman–Crippen LogP) is 5.45. The fourth-order valence-electron chi connectivity index (χ4n) is 1.96. The molecule has 0 fully saturated rings. The Morgan fingerprint density at radius 2 is 1.75 bits per heavy atom. The summed E-state index contributed by atoms with van der Waals surface area (Å²) in [4.78, 5) is 0. The summed E-state index contributed by atoms with van der Waals surface area (Å²) in [6.07, 6.45) is 10.1. The van der Waals surface area contributed by atoms with Crippen molar-refractivity contribution in [2.24, 2.45) is 0 Å². The lowest BCUT2D eigenvalue weighted by Crippen LogP contribution is -1.84. The molecule has 0 unspecified atom stereocenters. The highest BCUT2D eigenvalue weighted by molar-refractivity contribution is 5.65. The van der Waals surface area contributed by atoms with Gasteiger partial charge in [-0.1, -0.05) is 69.5 Å². The van der Waals surface area contributed by atoms with E-state index in [9.17, 15) is 0 Å². The van der Waals surface area contributed by atoms with Gasteiger partial charge in [0.1, 0.15) is 0 Å². The first-order valence-corrected chi connectivity index (χ1v) is 6.63. The third-order valence-electron chi connectivity index (χ3n) is 2.86. The molecule has 0 radical (unpaired) electrons. The van der Waals surface area contributed by atoms with E-state index < -0.39 is 0 Å². The Hall–Kier alpha value is -1.04. The molecule has 0 aliphatic carbocycles. The Labute approximate surface area is 100 Å². The maximum Gasteiger partial charge on any atom is -0.0228 e. The lowest BCUT2D eigenvalue weighted by molar-refractivity contribution is 0.728. The Morgan fingerprint density at radius 3 is 2.38 bits per heavy atom. The molecule has 0 heterocycles. The highest BCUT2D eigenvalue weighted by Crippen LogP contribution is 2.20. The Morgan fingerprint density at radius 1 is 1.00 bits per heavy atom. The second-order valence-electron chi connectivity index (χ2n) is 4.34. The molecule has 0 aliphatic rings.